The van der Waals surface area contributed by atoms with Crippen molar-refractivity contribution >= 4 is 10.0 Å². The summed E-state index contributed by atoms with van der Waals surface area (Å²) in [4.78, 5) is 2.39. The summed E-state index contributed by atoms with van der Waals surface area (Å²) in [6.07, 6.45) is 4.46. The summed E-state index contributed by atoms with van der Waals surface area (Å²) in [5.74, 6) is 0. The second kappa shape index (κ2) is 8.47. The Morgan fingerprint density at radius 3 is 2.76 bits per heavy atom. The minimum absolute atomic E-state index is 0.205. The second-order valence-electron chi connectivity index (χ2n) is 5.41. The molecule has 1 heterocycles. The largest absolute Gasteiger partial charge is 0.330 e. The third kappa shape index (κ3) is 6.13. The van der Waals surface area contributed by atoms with E-state index in [0.29, 0.717) is 25.7 Å². The van der Waals surface area contributed by atoms with E-state index in [1.807, 2.05) is 7.05 Å². The quantitative estimate of drug-likeness (QED) is 0.603. The lowest BCUT2D eigenvalue weighted by Crippen LogP contribution is -2.31. The number of nitrogens with zero attached hydrogens (tertiary/aromatic N) is 3. The van der Waals surface area contributed by atoms with E-state index in [1.54, 1.807) is 4.68 Å². The van der Waals surface area contributed by atoms with Crippen LogP contribution >= 0.6 is 0 Å². The fraction of sp³-hybridized carbons (Fsp3) is 0.769. The van der Waals surface area contributed by atoms with Crippen LogP contribution in [0.5, 0.6) is 0 Å². The molecule has 1 aromatic rings. The van der Waals surface area contributed by atoms with Gasteiger partial charge in [-0.15, -0.1) is 0 Å². The fourth-order valence-electron chi connectivity index (χ4n) is 1.74. The van der Waals surface area contributed by atoms with Crippen molar-refractivity contribution in [2.45, 2.75) is 44.2 Å². The van der Waals surface area contributed by atoms with Gasteiger partial charge in [0.25, 0.3) is 0 Å². The van der Waals surface area contributed by atoms with Crippen molar-refractivity contribution in [1.29, 1.82) is 0 Å². The molecule has 3 N–H and O–H groups in total. The van der Waals surface area contributed by atoms with Gasteiger partial charge in [0.15, 0.2) is 0 Å². The molecular formula is C13H27N5O2S. The highest BCUT2D eigenvalue weighted by atomic mass is 32.2. The Hall–Kier alpha value is -0.960. The van der Waals surface area contributed by atoms with Crippen LogP contribution in [0.15, 0.2) is 17.3 Å². The normalized spacial score (nSPS) is 12.5. The van der Waals surface area contributed by atoms with Crippen LogP contribution in [0.4, 0.5) is 0 Å². The van der Waals surface area contributed by atoms with E-state index < -0.39 is 10.0 Å². The molecule has 0 saturated carbocycles. The van der Waals surface area contributed by atoms with E-state index >= 15 is 0 Å². The molecule has 0 spiro atoms. The second-order valence-corrected chi connectivity index (χ2v) is 7.17. The first-order valence-corrected chi connectivity index (χ1v) is 8.77. The number of hydrogen-bond donors (Lipinski definition) is 2. The van der Waals surface area contributed by atoms with E-state index in [4.69, 9.17) is 5.73 Å². The van der Waals surface area contributed by atoms with Crippen molar-refractivity contribution in [3.63, 3.8) is 0 Å². The van der Waals surface area contributed by atoms with Crippen LogP contribution in [0, 0.1) is 0 Å². The van der Waals surface area contributed by atoms with Crippen LogP contribution in [-0.2, 0) is 16.6 Å². The van der Waals surface area contributed by atoms with E-state index in [2.05, 4.69) is 28.6 Å². The Morgan fingerprint density at radius 2 is 2.14 bits per heavy atom. The summed E-state index contributed by atoms with van der Waals surface area (Å²) in [7, 11) is -1.44. The van der Waals surface area contributed by atoms with Crippen LogP contribution in [0.3, 0.4) is 0 Å². The average molecular weight is 317 g/mol. The molecule has 8 heteroatoms. The van der Waals surface area contributed by atoms with E-state index in [9.17, 15) is 8.42 Å². The lowest BCUT2D eigenvalue weighted by molar-refractivity contribution is 0.271. The van der Waals surface area contributed by atoms with Crippen LogP contribution in [0.1, 0.15) is 26.7 Å². The smallest absolute Gasteiger partial charge is 0.243 e. The minimum atomic E-state index is -3.47. The molecule has 122 valence electrons. The SMILES string of the molecule is CC(C)N(C)CCCNS(=O)(=O)c1cnn(CCCN)c1. The number of sulfonamides is 1. The summed E-state index contributed by atoms with van der Waals surface area (Å²) >= 11 is 0. The van der Waals surface area contributed by atoms with Crippen LogP contribution in [0.25, 0.3) is 0 Å². The van der Waals surface area contributed by atoms with Gasteiger partial charge in [-0.1, -0.05) is 0 Å². The predicted molar refractivity (Wildman–Crippen MR) is 83.5 cm³/mol. The first-order chi connectivity index (χ1) is 9.86. The summed E-state index contributed by atoms with van der Waals surface area (Å²) in [5, 5.41) is 4.03. The summed E-state index contributed by atoms with van der Waals surface area (Å²) in [6, 6.07) is 0.461. The molecule has 0 fully saturated rings. The molecule has 21 heavy (non-hydrogen) atoms. The Kier molecular flexibility index (Phi) is 7.30. The van der Waals surface area contributed by atoms with Crippen LogP contribution in [0.2, 0.25) is 0 Å². The highest BCUT2D eigenvalue weighted by Crippen LogP contribution is 2.07. The van der Waals surface area contributed by atoms with Crippen molar-refractivity contribution in [1.82, 2.24) is 19.4 Å². The lowest BCUT2D eigenvalue weighted by atomic mass is 10.3. The average Bonchev–Trinajstić information content (AvgIpc) is 2.90. The topological polar surface area (TPSA) is 93.2 Å². The summed E-state index contributed by atoms with van der Waals surface area (Å²) < 4.78 is 28.4. The van der Waals surface area contributed by atoms with Gasteiger partial charge in [0, 0.05) is 25.3 Å². The summed E-state index contributed by atoms with van der Waals surface area (Å²) in [5.41, 5.74) is 5.42. The predicted octanol–water partition coefficient (Wildman–Crippen LogP) is 0.241. The zero-order chi connectivity index (χ0) is 15.9. The molecule has 1 aromatic heterocycles. The first kappa shape index (κ1) is 18.1. The zero-order valence-corrected chi connectivity index (χ0v) is 13.9. The van der Waals surface area contributed by atoms with Gasteiger partial charge < -0.3 is 10.6 Å². The molecule has 0 aliphatic rings. The van der Waals surface area contributed by atoms with Crippen molar-refractivity contribution < 1.29 is 8.42 Å². The molecule has 0 aliphatic carbocycles. The van der Waals surface area contributed by atoms with Crippen molar-refractivity contribution in [3.8, 4) is 0 Å². The third-order valence-electron chi connectivity index (χ3n) is 3.37. The molecule has 0 aromatic carbocycles. The number of rotatable bonds is 10. The van der Waals surface area contributed by atoms with Gasteiger partial charge in [-0.3, -0.25) is 4.68 Å². The Bertz CT molecular complexity index is 512. The molecular weight excluding hydrogens is 290 g/mol. The van der Waals surface area contributed by atoms with Gasteiger partial charge in [-0.05, 0) is 46.8 Å². The highest BCUT2D eigenvalue weighted by molar-refractivity contribution is 7.89. The Balaban J connectivity index is 2.44. The van der Waals surface area contributed by atoms with Gasteiger partial charge in [0.2, 0.25) is 10.0 Å². The number of nitrogens with two attached hydrogens (primary N) is 1. The monoisotopic (exact) mass is 317 g/mol. The molecule has 0 unspecified atom stereocenters. The van der Waals surface area contributed by atoms with E-state index in [1.165, 1.54) is 12.4 Å². The number of nitrogens with one attached hydrogen (secondary N) is 1. The molecule has 0 saturated heterocycles. The highest BCUT2D eigenvalue weighted by Gasteiger charge is 2.15. The lowest BCUT2D eigenvalue weighted by Gasteiger charge is -2.20. The van der Waals surface area contributed by atoms with Gasteiger partial charge in [-0.2, -0.15) is 5.10 Å². The van der Waals surface area contributed by atoms with E-state index in [-0.39, 0.29) is 4.90 Å². The van der Waals surface area contributed by atoms with Crippen molar-refractivity contribution in [3.05, 3.63) is 12.4 Å². The molecule has 0 amide bonds. The van der Waals surface area contributed by atoms with Gasteiger partial charge >= 0.3 is 0 Å². The minimum Gasteiger partial charge on any atom is -0.330 e. The zero-order valence-electron chi connectivity index (χ0n) is 13.1. The van der Waals surface area contributed by atoms with Gasteiger partial charge in [-0.25, -0.2) is 13.1 Å². The molecule has 0 bridgehead atoms. The van der Waals surface area contributed by atoms with E-state index in [0.717, 1.165) is 19.4 Å². The molecule has 0 atom stereocenters. The Morgan fingerprint density at radius 1 is 1.43 bits per heavy atom. The molecule has 7 nitrogen and oxygen atoms in total. The first-order valence-electron chi connectivity index (χ1n) is 7.29. The Labute approximate surface area is 127 Å². The van der Waals surface area contributed by atoms with Crippen molar-refractivity contribution in [2.75, 3.05) is 26.7 Å². The molecule has 0 radical (unpaired) electrons. The number of aromatic nitrogens is 2. The maximum Gasteiger partial charge on any atom is 0.243 e. The molecule has 1 rings (SSSR count). The molecule has 0 aliphatic heterocycles. The van der Waals surface area contributed by atoms with Crippen molar-refractivity contribution in [2.24, 2.45) is 5.73 Å². The van der Waals surface area contributed by atoms with Crippen LogP contribution < -0.4 is 10.5 Å². The number of hydrogen-bond acceptors (Lipinski definition) is 5. The fourth-order valence-corrected chi connectivity index (χ4v) is 2.76. The van der Waals surface area contributed by atoms with Crippen LogP contribution in [-0.4, -0.2) is 55.8 Å². The van der Waals surface area contributed by atoms with Gasteiger partial charge in [0.05, 0.1) is 6.20 Å². The third-order valence-corrected chi connectivity index (χ3v) is 4.79. The van der Waals surface area contributed by atoms with Gasteiger partial charge in [0.1, 0.15) is 4.90 Å². The maximum absolute atomic E-state index is 12.1. The number of aryl methyl sites for hydroxylation is 1. The standard InChI is InChI=1S/C13H27N5O2S/c1-12(2)17(3)8-5-7-16-21(19,20)13-10-15-18(11-13)9-4-6-14/h10-12,16H,4-9,14H2,1-3H3. The summed E-state index contributed by atoms with van der Waals surface area (Å²) in [6.45, 7) is 6.69. The maximum atomic E-state index is 12.1.